The van der Waals surface area contributed by atoms with Crippen LogP contribution in [0.2, 0.25) is 0 Å². The van der Waals surface area contributed by atoms with E-state index in [1.807, 2.05) is 48.1 Å². The molecule has 1 atom stereocenters. The van der Waals surface area contributed by atoms with E-state index in [0.29, 0.717) is 23.7 Å². The highest BCUT2D eigenvalue weighted by Crippen LogP contribution is 2.22. The highest BCUT2D eigenvalue weighted by atomic mass is 16.5. The van der Waals surface area contributed by atoms with E-state index in [1.165, 1.54) is 12.4 Å². The van der Waals surface area contributed by atoms with Crippen LogP contribution in [-0.4, -0.2) is 31.3 Å². The molecule has 2 N–H and O–H groups in total. The van der Waals surface area contributed by atoms with Gasteiger partial charge in [0.1, 0.15) is 11.6 Å². The van der Waals surface area contributed by atoms with Crippen LogP contribution in [-0.2, 0) is 23.1 Å². The standard InChI is InChI=1S/C24H22N6O3/c1-30-13-12-26-21(30)15-20(17-6-3-2-4-7-17)29-24(32)23(31)28-18-8-5-9-19(14-18)33-22-16-25-10-11-27-22/h2-14,16,20H,15H2,1H3,(H,28,31)(H,29,32)/t20-/m1/s1. The first-order valence-electron chi connectivity index (χ1n) is 10.3. The molecule has 0 radical (unpaired) electrons. The predicted octanol–water partition coefficient (Wildman–Crippen LogP) is 3.04. The molecular formula is C24H22N6O3. The maximum atomic E-state index is 12.7. The van der Waals surface area contributed by atoms with Crippen molar-refractivity contribution >= 4 is 17.5 Å². The zero-order valence-corrected chi connectivity index (χ0v) is 17.9. The van der Waals surface area contributed by atoms with Gasteiger partial charge in [-0.05, 0) is 17.7 Å². The molecule has 9 heteroatoms. The fourth-order valence-corrected chi connectivity index (χ4v) is 3.22. The van der Waals surface area contributed by atoms with E-state index in [0.717, 1.165) is 11.4 Å². The van der Waals surface area contributed by atoms with Gasteiger partial charge in [0.25, 0.3) is 0 Å². The van der Waals surface area contributed by atoms with Crippen LogP contribution in [0.25, 0.3) is 0 Å². The van der Waals surface area contributed by atoms with Crippen molar-refractivity contribution in [1.29, 1.82) is 0 Å². The maximum absolute atomic E-state index is 12.7. The van der Waals surface area contributed by atoms with Crippen molar-refractivity contribution in [3.8, 4) is 11.6 Å². The Balaban J connectivity index is 1.44. The number of imidazole rings is 1. The van der Waals surface area contributed by atoms with Gasteiger partial charge in [-0.25, -0.2) is 9.97 Å². The number of ether oxygens (including phenoxy) is 1. The van der Waals surface area contributed by atoms with Crippen LogP contribution in [0, 0.1) is 0 Å². The number of anilines is 1. The van der Waals surface area contributed by atoms with Crippen molar-refractivity contribution in [2.24, 2.45) is 7.05 Å². The summed E-state index contributed by atoms with van der Waals surface area (Å²) in [6, 6.07) is 15.7. The molecule has 2 heterocycles. The van der Waals surface area contributed by atoms with Crippen LogP contribution in [0.15, 0.2) is 85.6 Å². The van der Waals surface area contributed by atoms with Gasteiger partial charge < -0.3 is 19.9 Å². The van der Waals surface area contributed by atoms with Crippen LogP contribution >= 0.6 is 0 Å². The third kappa shape index (κ3) is 5.79. The summed E-state index contributed by atoms with van der Waals surface area (Å²) in [5, 5.41) is 5.43. The highest BCUT2D eigenvalue weighted by molar-refractivity contribution is 6.39. The summed E-state index contributed by atoms with van der Waals surface area (Å²) < 4.78 is 7.50. The first kappa shape index (κ1) is 21.7. The minimum atomic E-state index is -0.785. The van der Waals surface area contributed by atoms with Crippen LogP contribution in [0.4, 0.5) is 5.69 Å². The van der Waals surface area contributed by atoms with Crippen molar-refractivity contribution in [1.82, 2.24) is 24.8 Å². The van der Waals surface area contributed by atoms with Crippen molar-refractivity contribution in [2.45, 2.75) is 12.5 Å². The monoisotopic (exact) mass is 442 g/mol. The Morgan fingerprint density at radius 3 is 2.58 bits per heavy atom. The third-order valence-corrected chi connectivity index (χ3v) is 4.87. The Bertz CT molecular complexity index is 1230. The van der Waals surface area contributed by atoms with Gasteiger partial charge in [0.05, 0.1) is 12.2 Å². The normalized spacial score (nSPS) is 11.4. The van der Waals surface area contributed by atoms with Crippen molar-refractivity contribution in [2.75, 3.05) is 5.32 Å². The van der Waals surface area contributed by atoms with Crippen molar-refractivity contribution in [3.63, 3.8) is 0 Å². The number of hydrogen-bond donors (Lipinski definition) is 2. The molecule has 9 nitrogen and oxygen atoms in total. The van der Waals surface area contributed by atoms with Gasteiger partial charge in [-0.3, -0.25) is 14.6 Å². The zero-order valence-electron chi connectivity index (χ0n) is 17.9. The summed E-state index contributed by atoms with van der Waals surface area (Å²) in [4.78, 5) is 37.7. The Hall–Kier alpha value is -4.53. The molecule has 0 saturated heterocycles. The molecule has 2 aromatic heterocycles. The molecule has 0 saturated carbocycles. The van der Waals surface area contributed by atoms with Crippen LogP contribution in [0.5, 0.6) is 11.6 Å². The molecule has 0 aliphatic carbocycles. The second-order valence-electron chi connectivity index (χ2n) is 7.22. The molecule has 4 rings (SSSR count). The SMILES string of the molecule is Cn1ccnc1C[C@@H](NC(=O)C(=O)Nc1cccc(Oc2cnccn2)c1)c1ccccc1. The summed E-state index contributed by atoms with van der Waals surface area (Å²) in [6.07, 6.45) is 8.50. The number of benzene rings is 2. The second-order valence-corrected chi connectivity index (χ2v) is 7.22. The number of carbonyl (C=O) groups excluding carboxylic acids is 2. The summed E-state index contributed by atoms with van der Waals surface area (Å²) in [7, 11) is 1.88. The smallest absolute Gasteiger partial charge is 0.313 e. The number of aryl methyl sites for hydroxylation is 1. The van der Waals surface area contributed by atoms with Crippen molar-refractivity contribution < 1.29 is 14.3 Å². The Morgan fingerprint density at radius 2 is 1.85 bits per heavy atom. The molecular weight excluding hydrogens is 420 g/mol. The predicted molar refractivity (Wildman–Crippen MR) is 121 cm³/mol. The molecule has 166 valence electrons. The first-order chi connectivity index (χ1) is 16.1. The lowest BCUT2D eigenvalue weighted by Gasteiger charge is -2.19. The Kier molecular flexibility index (Phi) is 6.70. The van der Waals surface area contributed by atoms with E-state index >= 15 is 0 Å². The Morgan fingerprint density at radius 1 is 1.00 bits per heavy atom. The van der Waals surface area contributed by atoms with E-state index in [1.54, 1.807) is 36.7 Å². The van der Waals surface area contributed by atoms with Gasteiger partial charge >= 0.3 is 11.8 Å². The molecule has 4 aromatic rings. The second kappa shape index (κ2) is 10.2. The van der Waals surface area contributed by atoms with Gasteiger partial charge in [0, 0.05) is 50.0 Å². The summed E-state index contributed by atoms with van der Waals surface area (Å²) in [5.74, 6) is 0.0218. The largest absolute Gasteiger partial charge is 0.437 e. The van der Waals surface area contributed by atoms with E-state index < -0.39 is 17.9 Å². The minimum Gasteiger partial charge on any atom is -0.437 e. The fourth-order valence-electron chi connectivity index (χ4n) is 3.22. The van der Waals surface area contributed by atoms with Gasteiger partial charge in [-0.2, -0.15) is 0 Å². The molecule has 2 amide bonds. The molecule has 0 unspecified atom stereocenters. The lowest BCUT2D eigenvalue weighted by atomic mass is 10.0. The average Bonchev–Trinajstić information content (AvgIpc) is 3.24. The average molecular weight is 442 g/mol. The number of hydrogen-bond acceptors (Lipinski definition) is 6. The van der Waals surface area contributed by atoms with E-state index in [-0.39, 0.29) is 0 Å². The molecule has 0 aliphatic heterocycles. The number of nitrogens with one attached hydrogen (secondary N) is 2. The lowest BCUT2D eigenvalue weighted by Crippen LogP contribution is -2.38. The van der Waals surface area contributed by atoms with E-state index in [2.05, 4.69) is 25.6 Å². The number of amides is 2. The maximum Gasteiger partial charge on any atom is 0.313 e. The topological polar surface area (TPSA) is 111 Å². The van der Waals surface area contributed by atoms with E-state index in [9.17, 15) is 9.59 Å². The van der Waals surface area contributed by atoms with E-state index in [4.69, 9.17) is 4.74 Å². The number of nitrogens with zero attached hydrogens (tertiary/aromatic N) is 4. The summed E-state index contributed by atoms with van der Waals surface area (Å²) in [6.45, 7) is 0. The Labute approximate surface area is 190 Å². The van der Waals surface area contributed by atoms with Crippen molar-refractivity contribution in [3.05, 3.63) is 97.0 Å². The third-order valence-electron chi connectivity index (χ3n) is 4.87. The molecule has 2 aromatic carbocycles. The first-order valence-corrected chi connectivity index (χ1v) is 10.3. The molecule has 0 bridgehead atoms. The summed E-state index contributed by atoms with van der Waals surface area (Å²) in [5.41, 5.74) is 1.29. The van der Waals surface area contributed by atoms with Gasteiger partial charge in [0.15, 0.2) is 0 Å². The summed E-state index contributed by atoms with van der Waals surface area (Å²) >= 11 is 0. The van der Waals surface area contributed by atoms with Gasteiger partial charge in [0.2, 0.25) is 5.88 Å². The van der Waals surface area contributed by atoms with Gasteiger partial charge in [-0.15, -0.1) is 0 Å². The number of rotatable bonds is 7. The molecule has 0 spiro atoms. The van der Waals surface area contributed by atoms with Gasteiger partial charge in [-0.1, -0.05) is 36.4 Å². The lowest BCUT2D eigenvalue weighted by molar-refractivity contribution is -0.136. The van der Waals surface area contributed by atoms with Crippen LogP contribution in [0.3, 0.4) is 0 Å². The highest BCUT2D eigenvalue weighted by Gasteiger charge is 2.22. The van der Waals surface area contributed by atoms with Crippen LogP contribution < -0.4 is 15.4 Å². The number of aromatic nitrogens is 4. The molecule has 33 heavy (non-hydrogen) atoms. The minimum absolute atomic E-state index is 0.318. The molecule has 0 aliphatic rings. The quantitative estimate of drug-likeness (QED) is 0.426. The van der Waals surface area contributed by atoms with Crippen LogP contribution in [0.1, 0.15) is 17.4 Å². The zero-order chi connectivity index (χ0) is 23.0. The fraction of sp³-hybridized carbons (Fsp3) is 0.125. The molecule has 0 fully saturated rings. The number of carbonyl (C=O) groups is 2.